The molecule has 7 nitrogen and oxygen atoms in total. The summed E-state index contributed by atoms with van der Waals surface area (Å²) in [6.07, 6.45) is 3.28. The Labute approximate surface area is 120 Å². The van der Waals surface area contributed by atoms with Crippen LogP contribution in [0.25, 0.3) is 5.69 Å². The Balaban J connectivity index is 1.97. The quantitative estimate of drug-likeness (QED) is 0.687. The number of hydrogen-bond acceptors (Lipinski definition) is 4. The molecule has 1 unspecified atom stereocenters. The van der Waals surface area contributed by atoms with Crippen LogP contribution < -0.4 is 0 Å². The Kier molecular flexibility index (Phi) is 3.17. The lowest BCUT2D eigenvalue weighted by Gasteiger charge is -2.19. The number of benzene rings is 1. The lowest BCUT2D eigenvalue weighted by Crippen LogP contribution is -2.22. The predicted molar refractivity (Wildman–Crippen MR) is 73.4 cm³/mol. The summed E-state index contributed by atoms with van der Waals surface area (Å²) < 4.78 is 1.67. The number of rotatable bonds is 3. The van der Waals surface area contributed by atoms with Gasteiger partial charge in [-0.25, -0.2) is 4.68 Å². The lowest BCUT2D eigenvalue weighted by molar-refractivity contribution is -0.384. The largest absolute Gasteiger partial charge is 0.481 e. The first-order valence-corrected chi connectivity index (χ1v) is 6.59. The van der Waals surface area contributed by atoms with Crippen molar-refractivity contribution in [3.8, 4) is 5.69 Å². The van der Waals surface area contributed by atoms with Crippen LogP contribution in [0.3, 0.4) is 0 Å². The van der Waals surface area contributed by atoms with Gasteiger partial charge in [0, 0.05) is 17.8 Å². The summed E-state index contributed by atoms with van der Waals surface area (Å²) in [6, 6.07) is 6.27. The fourth-order valence-electron chi connectivity index (χ4n) is 2.69. The molecule has 3 rings (SSSR count). The number of nitro groups is 1. The molecule has 1 N–H and O–H groups in total. The normalized spacial score (nSPS) is 17.2. The Bertz CT molecular complexity index is 723. The van der Waals surface area contributed by atoms with Gasteiger partial charge in [-0.15, -0.1) is 0 Å². The Morgan fingerprint density at radius 2 is 2.29 bits per heavy atom. The van der Waals surface area contributed by atoms with Gasteiger partial charge in [-0.3, -0.25) is 14.9 Å². The van der Waals surface area contributed by atoms with Crippen molar-refractivity contribution in [3.05, 3.63) is 51.8 Å². The number of carbonyl (C=O) groups is 1. The van der Waals surface area contributed by atoms with E-state index in [2.05, 4.69) is 5.10 Å². The van der Waals surface area contributed by atoms with Crippen LogP contribution in [0.1, 0.15) is 17.7 Å². The second-order valence-electron chi connectivity index (χ2n) is 5.08. The van der Waals surface area contributed by atoms with Gasteiger partial charge in [0.1, 0.15) is 0 Å². The third-order valence-electron chi connectivity index (χ3n) is 3.79. The molecular weight excluding hydrogens is 274 g/mol. The molecule has 0 amide bonds. The standard InChI is InChI=1S/C14H13N3O4/c18-14(19)9-4-5-13-10(6-9)8-15-16(13)11-2-1-3-12(7-11)17(20)21/h1-3,7-9H,4-6H2,(H,18,19). The van der Waals surface area contributed by atoms with E-state index >= 15 is 0 Å². The lowest BCUT2D eigenvalue weighted by atomic mass is 9.88. The van der Waals surface area contributed by atoms with Crippen molar-refractivity contribution in [1.82, 2.24) is 9.78 Å². The summed E-state index contributed by atoms with van der Waals surface area (Å²) in [5, 5.41) is 24.2. The zero-order chi connectivity index (χ0) is 15.0. The molecule has 0 radical (unpaired) electrons. The van der Waals surface area contributed by atoms with Crippen molar-refractivity contribution < 1.29 is 14.8 Å². The van der Waals surface area contributed by atoms with Crippen LogP contribution in [-0.2, 0) is 17.6 Å². The molecule has 1 aromatic heterocycles. The minimum Gasteiger partial charge on any atom is -0.481 e. The SMILES string of the molecule is O=C(O)C1CCc2c(cnn2-c2cccc([N+](=O)[O-])c2)C1. The second-order valence-corrected chi connectivity index (χ2v) is 5.08. The number of non-ortho nitro benzene ring substituents is 1. The number of carboxylic acids is 1. The molecule has 0 bridgehead atoms. The van der Waals surface area contributed by atoms with Crippen molar-refractivity contribution in [2.24, 2.45) is 5.92 Å². The van der Waals surface area contributed by atoms with E-state index in [4.69, 9.17) is 5.11 Å². The van der Waals surface area contributed by atoms with Gasteiger partial charge < -0.3 is 5.11 Å². The Morgan fingerprint density at radius 1 is 1.48 bits per heavy atom. The molecule has 0 saturated carbocycles. The van der Waals surface area contributed by atoms with Gasteiger partial charge in [-0.2, -0.15) is 5.10 Å². The summed E-state index contributed by atoms with van der Waals surface area (Å²) in [6.45, 7) is 0. The van der Waals surface area contributed by atoms with Gasteiger partial charge in [0.15, 0.2) is 0 Å². The highest BCUT2D eigenvalue weighted by atomic mass is 16.6. The fourth-order valence-corrected chi connectivity index (χ4v) is 2.69. The van der Waals surface area contributed by atoms with Crippen LogP contribution in [0.2, 0.25) is 0 Å². The summed E-state index contributed by atoms with van der Waals surface area (Å²) in [5.74, 6) is -1.16. The van der Waals surface area contributed by atoms with Crippen molar-refractivity contribution in [1.29, 1.82) is 0 Å². The third-order valence-corrected chi connectivity index (χ3v) is 3.79. The molecule has 1 heterocycles. The van der Waals surface area contributed by atoms with E-state index in [9.17, 15) is 14.9 Å². The van der Waals surface area contributed by atoms with Gasteiger partial charge in [-0.05, 0) is 30.9 Å². The minimum atomic E-state index is -0.788. The molecule has 21 heavy (non-hydrogen) atoms. The average Bonchev–Trinajstić information content (AvgIpc) is 2.90. The van der Waals surface area contributed by atoms with Gasteiger partial charge >= 0.3 is 5.97 Å². The monoisotopic (exact) mass is 287 g/mol. The zero-order valence-electron chi connectivity index (χ0n) is 11.1. The molecule has 0 fully saturated rings. The smallest absolute Gasteiger partial charge is 0.306 e. The first-order valence-electron chi connectivity index (χ1n) is 6.59. The van der Waals surface area contributed by atoms with E-state index in [-0.39, 0.29) is 11.6 Å². The molecule has 108 valence electrons. The van der Waals surface area contributed by atoms with E-state index in [1.807, 2.05) is 0 Å². The maximum Gasteiger partial charge on any atom is 0.306 e. The third kappa shape index (κ3) is 2.37. The summed E-state index contributed by atoms with van der Waals surface area (Å²) in [5.41, 5.74) is 2.48. The maximum atomic E-state index is 11.1. The predicted octanol–water partition coefficient (Wildman–Crippen LogP) is 1.97. The first-order chi connectivity index (χ1) is 10.1. The van der Waals surface area contributed by atoms with Crippen molar-refractivity contribution in [2.75, 3.05) is 0 Å². The Hall–Kier alpha value is -2.70. The molecule has 1 aromatic carbocycles. The number of fused-ring (bicyclic) bond motifs is 1. The number of hydrogen-bond donors (Lipinski definition) is 1. The molecule has 0 saturated heterocycles. The van der Waals surface area contributed by atoms with Crippen molar-refractivity contribution in [3.63, 3.8) is 0 Å². The molecule has 0 spiro atoms. The highest BCUT2D eigenvalue weighted by Crippen LogP contribution is 2.28. The van der Waals surface area contributed by atoms with Gasteiger partial charge in [-0.1, -0.05) is 6.07 Å². The number of nitrogens with zero attached hydrogens (tertiary/aromatic N) is 3. The van der Waals surface area contributed by atoms with Crippen LogP contribution in [0.5, 0.6) is 0 Å². The van der Waals surface area contributed by atoms with Gasteiger partial charge in [0.2, 0.25) is 0 Å². The zero-order valence-corrected chi connectivity index (χ0v) is 11.1. The topological polar surface area (TPSA) is 98.3 Å². The molecule has 1 aliphatic rings. The number of aromatic nitrogens is 2. The molecule has 2 aromatic rings. The van der Waals surface area contributed by atoms with Crippen LogP contribution in [-0.4, -0.2) is 25.8 Å². The summed E-state index contributed by atoms with van der Waals surface area (Å²) in [7, 11) is 0. The fraction of sp³-hybridized carbons (Fsp3) is 0.286. The number of aliphatic carboxylic acids is 1. The summed E-state index contributed by atoms with van der Waals surface area (Å²) >= 11 is 0. The second kappa shape index (κ2) is 5.01. The minimum absolute atomic E-state index is 0.0102. The maximum absolute atomic E-state index is 11.1. The molecule has 1 aliphatic carbocycles. The molecule has 7 heteroatoms. The molecule has 1 atom stereocenters. The van der Waals surface area contributed by atoms with Crippen molar-refractivity contribution in [2.45, 2.75) is 19.3 Å². The first kappa shape index (κ1) is 13.3. The van der Waals surface area contributed by atoms with Gasteiger partial charge in [0.05, 0.1) is 22.7 Å². The van der Waals surface area contributed by atoms with E-state index in [0.29, 0.717) is 24.9 Å². The molecular formula is C14H13N3O4. The highest BCUT2D eigenvalue weighted by Gasteiger charge is 2.27. The van der Waals surface area contributed by atoms with E-state index < -0.39 is 10.9 Å². The van der Waals surface area contributed by atoms with Crippen LogP contribution >= 0.6 is 0 Å². The highest BCUT2D eigenvalue weighted by molar-refractivity contribution is 5.71. The Morgan fingerprint density at radius 3 is 3.00 bits per heavy atom. The van der Waals surface area contributed by atoms with E-state index in [0.717, 1.165) is 11.3 Å². The van der Waals surface area contributed by atoms with E-state index in [1.165, 1.54) is 12.1 Å². The number of nitro benzene ring substituents is 1. The van der Waals surface area contributed by atoms with Crippen molar-refractivity contribution >= 4 is 11.7 Å². The van der Waals surface area contributed by atoms with Crippen LogP contribution in [0, 0.1) is 16.0 Å². The van der Waals surface area contributed by atoms with Gasteiger partial charge in [0.25, 0.3) is 5.69 Å². The van der Waals surface area contributed by atoms with Crippen LogP contribution in [0.4, 0.5) is 5.69 Å². The summed E-state index contributed by atoms with van der Waals surface area (Å²) in [4.78, 5) is 21.5. The average molecular weight is 287 g/mol. The van der Waals surface area contributed by atoms with E-state index in [1.54, 1.807) is 23.0 Å². The van der Waals surface area contributed by atoms with Crippen LogP contribution in [0.15, 0.2) is 30.5 Å². The molecule has 0 aliphatic heterocycles. The number of carboxylic acid groups (broad SMARTS) is 1.